The molecule has 7 heteroatoms. The van der Waals surface area contributed by atoms with Crippen molar-refractivity contribution >= 4 is 27.3 Å². The molecule has 1 aliphatic heterocycles. The third kappa shape index (κ3) is 5.13. The average molecular weight is 382 g/mol. The maximum Gasteiger partial charge on any atom is 0.243 e. The summed E-state index contributed by atoms with van der Waals surface area (Å²) in [4.78, 5) is 16.6. The van der Waals surface area contributed by atoms with Gasteiger partial charge in [0.1, 0.15) is 6.54 Å². The zero-order valence-corrected chi connectivity index (χ0v) is 17.1. The first-order valence-electron chi connectivity index (χ1n) is 9.36. The molecule has 6 nitrogen and oxygen atoms in total. The molecule has 1 fully saturated rings. The second kappa shape index (κ2) is 8.75. The number of anilines is 2. The Kier molecular flexibility index (Phi) is 6.92. The van der Waals surface area contributed by atoms with E-state index < -0.39 is 10.0 Å². The third-order valence-corrected chi connectivity index (χ3v) is 6.10. The van der Waals surface area contributed by atoms with E-state index in [1.54, 1.807) is 17.0 Å². The summed E-state index contributed by atoms with van der Waals surface area (Å²) in [6, 6.07) is 7.38. The van der Waals surface area contributed by atoms with E-state index in [0.717, 1.165) is 37.9 Å². The Labute approximate surface area is 157 Å². The van der Waals surface area contributed by atoms with Gasteiger partial charge in [-0.3, -0.25) is 9.10 Å². The fourth-order valence-corrected chi connectivity index (χ4v) is 4.31. The van der Waals surface area contributed by atoms with Crippen molar-refractivity contribution in [2.75, 3.05) is 48.2 Å². The summed E-state index contributed by atoms with van der Waals surface area (Å²) in [6.07, 6.45) is 3.24. The Hall–Kier alpha value is -1.76. The zero-order chi connectivity index (χ0) is 19.3. The summed E-state index contributed by atoms with van der Waals surface area (Å²) >= 11 is 0. The predicted molar refractivity (Wildman–Crippen MR) is 107 cm³/mol. The molecule has 0 aliphatic carbocycles. The molecule has 0 saturated carbocycles. The molecule has 146 valence electrons. The molecule has 0 spiro atoms. The first-order valence-corrected chi connectivity index (χ1v) is 11.2. The van der Waals surface area contributed by atoms with Crippen LogP contribution in [0.15, 0.2) is 24.3 Å². The standard InChI is InChI=1S/C19H31N3O3S/c1-5-20(6-2)17-9-11-18(12-10-17)22(26(4,24)25)15-19(23)21-13-7-8-16(3)14-21/h9-12,16H,5-8,13-15H2,1-4H3. The lowest BCUT2D eigenvalue weighted by atomic mass is 10.0. The van der Waals surface area contributed by atoms with Gasteiger partial charge in [-0.05, 0) is 56.9 Å². The molecule has 1 aromatic carbocycles. The number of carbonyl (C=O) groups excluding carboxylic acids is 1. The second-order valence-corrected chi connectivity index (χ2v) is 8.95. The van der Waals surface area contributed by atoms with Crippen LogP contribution in [0, 0.1) is 5.92 Å². The van der Waals surface area contributed by atoms with Gasteiger partial charge in [-0.25, -0.2) is 8.42 Å². The van der Waals surface area contributed by atoms with Crippen LogP contribution in [-0.4, -0.2) is 58.2 Å². The minimum atomic E-state index is -3.54. The molecule has 1 atom stereocenters. The first-order chi connectivity index (χ1) is 12.3. The van der Waals surface area contributed by atoms with E-state index in [0.29, 0.717) is 24.7 Å². The van der Waals surface area contributed by atoms with Gasteiger partial charge in [-0.2, -0.15) is 0 Å². The molecular weight excluding hydrogens is 350 g/mol. The van der Waals surface area contributed by atoms with Crippen LogP contribution in [-0.2, 0) is 14.8 Å². The van der Waals surface area contributed by atoms with E-state index in [2.05, 4.69) is 25.7 Å². The monoisotopic (exact) mass is 381 g/mol. The highest BCUT2D eigenvalue weighted by Crippen LogP contribution is 2.23. The number of hydrogen-bond donors (Lipinski definition) is 0. The van der Waals surface area contributed by atoms with Crippen molar-refractivity contribution in [3.05, 3.63) is 24.3 Å². The summed E-state index contributed by atoms with van der Waals surface area (Å²) in [6.45, 7) is 9.33. The van der Waals surface area contributed by atoms with Gasteiger partial charge < -0.3 is 9.80 Å². The number of hydrogen-bond acceptors (Lipinski definition) is 4. The van der Waals surface area contributed by atoms with E-state index in [9.17, 15) is 13.2 Å². The van der Waals surface area contributed by atoms with Crippen LogP contribution in [0.4, 0.5) is 11.4 Å². The number of sulfonamides is 1. The second-order valence-electron chi connectivity index (χ2n) is 7.05. The minimum absolute atomic E-state index is 0.130. The Morgan fingerprint density at radius 2 is 1.73 bits per heavy atom. The van der Waals surface area contributed by atoms with Crippen molar-refractivity contribution < 1.29 is 13.2 Å². The number of nitrogens with zero attached hydrogens (tertiary/aromatic N) is 3. The largest absolute Gasteiger partial charge is 0.372 e. The molecule has 1 amide bonds. The predicted octanol–water partition coefficient (Wildman–Crippen LogP) is 2.56. The van der Waals surface area contributed by atoms with Crippen molar-refractivity contribution in [1.29, 1.82) is 0 Å². The summed E-state index contributed by atoms with van der Waals surface area (Å²) in [5.41, 5.74) is 1.57. The van der Waals surface area contributed by atoms with Crippen LogP contribution in [0.2, 0.25) is 0 Å². The molecule has 0 aromatic heterocycles. The van der Waals surface area contributed by atoms with Crippen LogP contribution in [0.25, 0.3) is 0 Å². The third-order valence-electron chi connectivity index (χ3n) is 4.96. The lowest BCUT2D eigenvalue weighted by molar-refractivity contribution is -0.131. The van der Waals surface area contributed by atoms with Crippen LogP contribution in [0.5, 0.6) is 0 Å². The van der Waals surface area contributed by atoms with Crippen LogP contribution in [0.1, 0.15) is 33.6 Å². The number of carbonyl (C=O) groups is 1. The van der Waals surface area contributed by atoms with Gasteiger partial charge >= 0.3 is 0 Å². The Morgan fingerprint density at radius 3 is 2.23 bits per heavy atom. The van der Waals surface area contributed by atoms with Crippen molar-refractivity contribution in [2.24, 2.45) is 5.92 Å². The van der Waals surface area contributed by atoms with E-state index in [-0.39, 0.29) is 12.5 Å². The van der Waals surface area contributed by atoms with Crippen molar-refractivity contribution in [2.45, 2.75) is 33.6 Å². The summed E-state index contributed by atoms with van der Waals surface area (Å²) in [5.74, 6) is 0.336. The normalized spacial score (nSPS) is 17.8. The number of amides is 1. The molecule has 1 heterocycles. The lowest BCUT2D eigenvalue weighted by Crippen LogP contribution is -2.46. The zero-order valence-electron chi connectivity index (χ0n) is 16.3. The number of benzene rings is 1. The molecule has 1 aliphatic rings. The lowest BCUT2D eigenvalue weighted by Gasteiger charge is -2.33. The average Bonchev–Trinajstić information content (AvgIpc) is 2.60. The highest BCUT2D eigenvalue weighted by molar-refractivity contribution is 7.92. The molecule has 0 radical (unpaired) electrons. The molecule has 0 N–H and O–H groups in total. The van der Waals surface area contributed by atoms with E-state index in [1.165, 1.54) is 4.31 Å². The summed E-state index contributed by atoms with van der Waals surface area (Å²) < 4.78 is 25.8. The summed E-state index contributed by atoms with van der Waals surface area (Å²) in [5, 5.41) is 0. The molecule has 1 saturated heterocycles. The molecular formula is C19H31N3O3S. The number of rotatable bonds is 7. The number of piperidine rings is 1. The minimum Gasteiger partial charge on any atom is -0.372 e. The van der Waals surface area contributed by atoms with Crippen molar-refractivity contribution in [3.8, 4) is 0 Å². The molecule has 1 aromatic rings. The highest BCUT2D eigenvalue weighted by Gasteiger charge is 2.26. The van der Waals surface area contributed by atoms with Gasteiger partial charge in [0.2, 0.25) is 15.9 Å². The van der Waals surface area contributed by atoms with E-state index in [4.69, 9.17) is 0 Å². The van der Waals surface area contributed by atoms with Gasteiger partial charge in [0, 0.05) is 31.9 Å². The molecule has 1 unspecified atom stereocenters. The van der Waals surface area contributed by atoms with Gasteiger partial charge in [0.15, 0.2) is 0 Å². The van der Waals surface area contributed by atoms with Gasteiger partial charge in [0.25, 0.3) is 0 Å². The maximum atomic E-state index is 12.7. The smallest absolute Gasteiger partial charge is 0.243 e. The fraction of sp³-hybridized carbons (Fsp3) is 0.632. The Balaban J connectivity index is 2.18. The number of likely N-dealkylation sites (tertiary alicyclic amines) is 1. The maximum absolute atomic E-state index is 12.7. The first kappa shape index (κ1) is 20.6. The van der Waals surface area contributed by atoms with Crippen LogP contribution in [0.3, 0.4) is 0 Å². The van der Waals surface area contributed by atoms with Crippen LogP contribution < -0.4 is 9.21 Å². The molecule has 26 heavy (non-hydrogen) atoms. The van der Waals surface area contributed by atoms with Gasteiger partial charge in [-0.15, -0.1) is 0 Å². The SMILES string of the molecule is CCN(CC)c1ccc(N(CC(=O)N2CCCC(C)C2)S(C)(=O)=O)cc1. The van der Waals surface area contributed by atoms with Crippen molar-refractivity contribution in [1.82, 2.24) is 4.90 Å². The fourth-order valence-electron chi connectivity index (χ4n) is 3.46. The van der Waals surface area contributed by atoms with E-state index >= 15 is 0 Å². The van der Waals surface area contributed by atoms with E-state index in [1.807, 2.05) is 12.1 Å². The topological polar surface area (TPSA) is 60.9 Å². The molecule has 0 bridgehead atoms. The Bertz CT molecular complexity index is 699. The van der Waals surface area contributed by atoms with Crippen LogP contribution >= 0.6 is 0 Å². The Morgan fingerprint density at radius 1 is 1.15 bits per heavy atom. The van der Waals surface area contributed by atoms with Gasteiger partial charge in [0.05, 0.1) is 11.9 Å². The summed E-state index contributed by atoms with van der Waals surface area (Å²) in [7, 11) is -3.54. The quantitative estimate of drug-likeness (QED) is 0.728. The van der Waals surface area contributed by atoms with Gasteiger partial charge in [-0.1, -0.05) is 6.92 Å². The molecule has 2 rings (SSSR count). The van der Waals surface area contributed by atoms with Crippen molar-refractivity contribution in [3.63, 3.8) is 0 Å². The highest BCUT2D eigenvalue weighted by atomic mass is 32.2.